The molecule has 7 nitrogen and oxygen atoms in total. The van der Waals surface area contributed by atoms with E-state index >= 15 is 0 Å². The van der Waals surface area contributed by atoms with Crippen molar-refractivity contribution in [3.8, 4) is 11.5 Å². The number of halogens is 3. The van der Waals surface area contributed by atoms with Crippen LogP contribution in [0, 0.1) is 0 Å². The van der Waals surface area contributed by atoms with E-state index in [1.54, 1.807) is 30.3 Å². The third-order valence-corrected chi connectivity index (χ3v) is 5.11. The van der Waals surface area contributed by atoms with Gasteiger partial charge >= 0.3 is 18.0 Å². The molecule has 3 aromatic rings. The third-order valence-electron chi connectivity index (χ3n) is 5.11. The van der Waals surface area contributed by atoms with Gasteiger partial charge in [-0.3, -0.25) is 0 Å². The molecule has 1 unspecified atom stereocenters. The molecule has 4 N–H and O–H groups in total. The number of nitrogens with two attached hydrogens (primary N) is 2. The Labute approximate surface area is 211 Å². The lowest BCUT2D eigenvalue weighted by Gasteiger charge is -2.20. The zero-order chi connectivity index (χ0) is 27.0. The van der Waals surface area contributed by atoms with E-state index in [0.29, 0.717) is 22.5 Å². The van der Waals surface area contributed by atoms with Gasteiger partial charge in [-0.25, -0.2) is 14.0 Å². The Kier molecular flexibility index (Phi) is 8.78. The summed E-state index contributed by atoms with van der Waals surface area (Å²) in [6.07, 6.45) is -4.08. The molecule has 37 heavy (non-hydrogen) atoms. The second-order valence-electron chi connectivity index (χ2n) is 7.92. The van der Waals surface area contributed by atoms with E-state index < -0.39 is 30.6 Å². The zero-order valence-corrected chi connectivity index (χ0v) is 19.8. The lowest BCUT2D eigenvalue weighted by Crippen LogP contribution is -2.35. The Morgan fingerprint density at radius 1 is 0.973 bits per heavy atom. The van der Waals surface area contributed by atoms with Crippen LogP contribution in [-0.2, 0) is 16.1 Å². The topological polar surface area (TPSA) is 114 Å². The highest BCUT2D eigenvalue weighted by molar-refractivity contribution is 5.91. The molecule has 0 aliphatic carbocycles. The molecule has 0 aromatic heterocycles. The van der Waals surface area contributed by atoms with Gasteiger partial charge in [0.1, 0.15) is 18.1 Å². The molecule has 0 aliphatic rings. The van der Waals surface area contributed by atoms with Gasteiger partial charge in [0.15, 0.2) is 0 Å². The first-order valence-corrected chi connectivity index (χ1v) is 11.2. The van der Waals surface area contributed by atoms with E-state index in [9.17, 15) is 22.8 Å². The van der Waals surface area contributed by atoms with E-state index in [-0.39, 0.29) is 23.7 Å². The molecule has 0 bridgehead atoms. The standard InChI is InChI=1S/C27H25F3N2O5/c1-2-24(28)27(29,30)37-22-11-6-18(7-12-22)26(34)36-21-9-3-17(4-10-21)5-14-25(33)35-16-19-15-20(31)8-13-23(19)32/h3-15,24H,2,16,31-32H2,1H3/b14-5+. The summed E-state index contributed by atoms with van der Waals surface area (Å²) in [5.41, 5.74) is 13.8. The van der Waals surface area contributed by atoms with E-state index in [4.69, 9.17) is 20.9 Å². The number of carbonyl (C=O) groups excluding carboxylic acids is 2. The van der Waals surface area contributed by atoms with E-state index in [1.807, 2.05) is 0 Å². The number of benzene rings is 3. The zero-order valence-electron chi connectivity index (χ0n) is 19.8. The normalized spacial score (nSPS) is 12.2. The fourth-order valence-electron chi connectivity index (χ4n) is 3.04. The Bertz CT molecular complexity index is 1260. The average Bonchev–Trinajstić information content (AvgIpc) is 2.88. The summed E-state index contributed by atoms with van der Waals surface area (Å²) in [7, 11) is 0. The highest BCUT2D eigenvalue weighted by atomic mass is 19.3. The highest BCUT2D eigenvalue weighted by Gasteiger charge is 2.41. The molecule has 0 saturated carbocycles. The predicted molar refractivity (Wildman–Crippen MR) is 133 cm³/mol. The van der Waals surface area contributed by atoms with Crippen molar-refractivity contribution in [1.82, 2.24) is 0 Å². The number of ether oxygens (including phenoxy) is 3. The lowest BCUT2D eigenvalue weighted by molar-refractivity contribution is -0.220. The summed E-state index contributed by atoms with van der Waals surface area (Å²) < 4.78 is 55.3. The number of nitrogen functional groups attached to an aromatic ring is 2. The van der Waals surface area contributed by atoms with Crippen LogP contribution in [0.3, 0.4) is 0 Å². The van der Waals surface area contributed by atoms with E-state index in [2.05, 4.69) is 4.74 Å². The van der Waals surface area contributed by atoms with Crippen molar-refractivity contribution in [2.75, 3.05) is 11.5 Å². The van der Waals surface area contributed by atoms with Gasteiger partial charge in [0, 0.05) is 23.0 Å². The molecule has 0 spiro atoms. The quantitative estimate of drug-likeness (QED) is 0.158. The molecular formula is C27H25F3N2O5. The first kappa shape index (κ1) is 27.1. The van der Waals surface area contributed by atoms with E-state index in [0.717, 1.165) is 12.1 Å². The summed E-state index contributed by atoms with van der Waals surface area (Å²) in [6, 6.07) is 15.9. The van der Waals surface area contributed by atoms with Crippen molar-refractivity contribution < 1.29 is 37.0 Å². The summed E-state index contributed by atoms with van der Waals surface area (Å²) in [6.45, 7) is 1.25. The monoisotopic (exact) mass is 514 g/mol. The number of hydrogen-bond donors (Lipinski definition) is 2. The average molecular weight is 515 g/mol. The summed E-state index contributed by atoms with van der Waals surface area (Å²) >= 11 is 0. The Morgan fingerprint density at radius 2 is 1.62 bits per heavy atom. The number of anilines is 2. The van der Waals surface area contributed by atoms with Gasteiger partial charge in [0.2, 0.25) is 6.17 Å². The molecule has 1 atom stereocenters. The molecule has 0 radical (unpaired) electrons. The molecular weight excluding hydrogens is 489 g/mol. The van der Waals surface area contributed by atoms with Crippen molar-refractivity contribution in [1.29, 1.82) is 0 Å². The van der Waals surface area contributed by atoms with Gasteiger partial charge in [0.05, 0.1) is 5.56 Å². The second kappa shape index (κ2) is 12.0. The van der Waals surface area contributed by atoms with Crippen LogP contribution in [0.1, 0.15) is 34.8 Å². The number of carbonyl (C=O) groups is 2. The van der Waals surface area contributed by atoms with Gasteiger partial charge < -0.3 is 25.7 Å². The van der Waals surface area contributed by atoms with Gasteiger partial charge in [-0.2, -0.15) is 8.78 Å². The molecule has 3 rings (SSSR count). The SMILES string of the molecule is CCC(F)C(F)(F)Oc1ccc(C(=O)Oc2ccc(/C=C/C(=O)OCc3cc(N)ccc3N)cc2)cc1. The van der Waals surface area contributed by atoms with Crippen LogP contribution < -0.4 is 20.9 Å². The second-order valence-corrected chi connectivity index (χ2v) is 7.92. The summed E-state index contributed by atoms with van der Waals surface area (Å²) in [5, 5.41) is 0. The smallest absolute Gasteiger partial charge is 0.429 e. The minimum absolute atomic E-state index is 0.0282. The van der Waals surface area contributed by atoms with Crippen molar-refractivity contribution in [2.24, 2.45) is 0 Å². The van der Waals surface area contributed by atoms with Crippen LogP contribution in [0.25, 0.3) is 6.08 Å². The molecule has 0 amide bonds. The van der Waals surface area contributed by atoms with Crippen LogP contribution in [0.4, 0.5) is 24.5 Å². The number of alkyl halides is 3. The molecule has 10 heteroatoms. The first-order chi connectivity index (χ1) is 17.6. The highest BCUT2D eigenvalue weighted by Crippen LogP contribution is 2.28. The maximum Gasteiger partial charge on any atom is 0.429 e. The fraction of sp³-hybridized carbons (Fsp3) is 0.185. The minimum Gasteiger partial charge on any atom is -0.458 e. The minimum atomic E-state index is -3.98. The Morgan fingerprint density at radius 3 is 2.27 bits per heavy atom. The van der Waals surface area contributed by atoms with Gasteiger partial charge in [-0.1, -0.05) is 19.1 Å². The summed E-state index contributed by atoms with van der Waals surface area (Å²) in [4.78, 5) is 24.3. The van der Waals surface area contributed by atoms with Crippen molar-refractivity contribution in [3.05, 3.63) is 89.5 Å². The first-order valence-electron chi connectivity index (χ1n) is 11.2. The summed E-state index contributed by atoms with van der Waals surface area (Å²) in [5.74, 6) is -1.39. The van der Waals surface area contributed by atoms with Crippen LogP contribution in [0.15, 0.2) is 72.8 Å². The van der Waals surface area contributed by atoms with E-state index in [1.165, 1.54) is 43.3 Å². The fourth-order valence-corrected chi connectivity index (χ4v) is 3.04. The molecule has 0 aliphatic heterocycles. The maximum absolute atomic E-state index is 13.6. The van der Waals surface area contributed by atoms with Gasteiger partial charge in [-0.05, 0) is 72.7 Å². The largest absolute Gasteiger partial charge is 0.458 e. The Hall–Kier alpha value is -4.47. The van der Waals surface area contributed by atoms with Crippen molar-refractivity contribution >= 4 is 29.4 Å². The molecule has 0 heterocycles. The maximum atomic E-state index is 13.6. The van der Waals surface area contributed by atoms with Crippen LogP contribution in [0.5, 0.6) is 11.5 Å². The van der Waals surface area contributed by atoms with Crippen molar-refractivity contribution in [2.45, 2.75) is 32.2 Å². The van der Waals surface area contributed by atoms with Crippen LogP contribution in [0.2, 0.25) is 0 Å². The van der Waals surface area contributed by atoms with Gasteiger partial charge in [0.25, 0.3) is 0 Å². The number of rotatable bonds is 10. The number of esters is 2. The molecule has 0 fully saturated rings. The van der Waals surface area contributed by atoms with Gasteiger partial charge in [-0.15, -0.1) is 0 Å². The van der Waals surface area contributed by atoms with Crippen LogP contribution in [-0.4, -0.2) is 24.2 Å². The lowest BCUT2D eigenvalue weighted by atomic mass is 10.2. The molecule has 0 saturated heterocycles. The molecule has 194 valence electrons. The van der Waals surface area contributed by atoms with Crippen LogP contribution >= 0.6 is 0 Å². The number of hydrogen-bond acceptors (Lipinski definition) is 7. The van der Waals surface area contributed by atoms with Crippen molar-refractivity contribution in [3.63, 3.8) is 0 Å². The Balaban J connectivity index is 1.52. The third kappa shape index (κ3) is 7.76. The predicted octanol–water partition coefficient (Wildman–Crippen LogP) is 5.55. The molecule has 3 aromatic carbocycles.